The molecule has 0 radical (unpaired) electrons. The van der Waals surface area contributed by atoms with Gasteiger partial charge in [0.1, 0.15) is 9.96 Å². The average molecular weight is 551 g/mol. The number of nitriles is 1. The van der Waals surface area contributed by atoms with Crippen LogP contribution in [0.3, 0.4) is 0 Å². The Labute approximate surface area is 225 Å². The molecule has 3 aromatic rings. The third-order valence-corrected chi connectivity index (χ3v) is 10.2. The predicted molar refractivity (Wildman–Crippen MR) is 142 cm³/mol. The highest BCUT2D eigenvalue weighted by molar-refractivity contribution is 7.95. The van der Waals surface area contributed by atoms with E-state index in [1.165, 1.54) is 30.2 Å². The minimum Gasteiger partial charge on any atom is -0.496 e. The fourth-order valence-electron chi connectivity index (χ4n) is 5.54. The number of benzene rings is 2. The van der Waals surface area contributed by atoms with Gasteiger partial charge in [-0.25, -0.2) is 0 Å². The fraction of sp³-hybridized carbons (Fsp3) is 0.296. The number of likely N-dealkylation sites (N-methyl/N-ethyl adjacent to an activating group) is 1. The van der Waals surface area contributed by atoms with Crippen LogP contribution in [0.15, 0.2) is 64.2 Å². The zero-order valence-electron chi connectivity index (χ0n) is 21.1. The first-order chi connectivity index (χ1) is 18.2. The zero-order chi connectivity index (χ0) is 27.2. The second kappa shape index (κ2) is 9.54. The highest BCUT2D eigenvalue weighted by Gasteiger charge is 2.63. The first-order valence-electron chi connectivity index (χ1n) is 12.0. The molecule has 1 fully saturated rings. The SMILES string of the molecule is COc1ccccc1C1(N2CCCC2C(=O)N(C)C)C(=O)N(S(=O)(=O)c2cccs2)c2ccc(C#N)cc21. The number of rotatable bonds is 6. The zero-order valence-corrected chi connectivity index (χ0v) is 22.8. The molecule has 5 rings (SSSR count). The van der Waals surface area contributed by atoms with Gasteiger partial charge < -0.3 is 9.64 Å². The number of hydrogen-bond acceptors (Lipinski definition) is 8. The van der Waals surface area contributed by atoms with E-state index in [-0.39, 0.29) is 21.4 Å². The molecule has 0 saturated carbocycles. The van der Waals surface area contributed by atoms with Crippen LogP contribution in [-0.2, 0) is 25.2 Å². The molecule has 38 heavy (non-hydrogen) atoms. The van der Waals surface area contributed by atoms with Gasteiger partial charge in [0.25, 0.3) is 15.9 Å². The molecule has 1 saturated heterocycles. The number of sulfonamides is 1. The van der Waals surface area contributed by atoms with Crippen molar-refractivity contribution in [2.75, 3.05) is 32.1 Å². The summed E-state index contributed by atoms with van der Waals surface area (Å²) in [5, 5.41) is 11.4. The normalized spacial score (nSPS) is 21.3. The van der Waals surface area contributed by atoms with E-state index < -0.39 is 27.5 Å². The van der Waals surface area contributed by atoms with Gasteiger partial charge in [-0.15, -0.1) is 11.3 Å². The molecular formula is C27H26N4O5S2. The minimum atomic E-state index is -4.30. The molecule has 0 spiro atoms. The van der Waals surface area contributed by atoms with Crippen molar-refractivity contribution < 1.29 is 22.7 Å². The molecule has 2 aliphatic heterocycles. The van der Waals surface area contributed by atoms with E-state index >= 15 is 0 Å². The summed E-state index contributed by atoms with van der Waals surface area (Å²) in [7, 11) is 0.480. The predicted octanol–water partition coefficient (Wildman–Crippen LogP) is 3.16. The molecule has 0 aliphatic carbocycles. The molecule has 196 valence electrons. The Morgan fingerprint density at radius 2 is 1.92 bits per heavy atom. The molecule has 11 heteroatoms. The van der Waals surface area contributed by atoms with Crippen LogP contribution in [0.2, 0.25) is 0 Å². The van der Waals surface area contributed by atoms with Crippen LogP contribution in [0.1, 0.15) is 29.5 Å². The van der Waals surface area contributed by atoms with Crippen LogP contribution < -0.4 is 9.04 Å². The number of ether oxygens (including phenoxy) is 1. The van der Waals surface area contributed by atoms with Crippen molar-refractivity contribution in [2.45, 2.75) is 28.6 Å². The van der Waals surface area contributed by atoms with Crippen LogP contribution in [0, 0.1) is 11.3 Å². The molecule has 1 aromatic heterocycles. The first-order valence-corrected chi connectivity index (χ1v) is 14.3. The quantitative estimate of drug-likeness (QED) is 0.464. The second-order valence-corrected chi connectivity index (χ2v) is 12.3. The van der Waals surface area contributed by atoms with E-state index in [2.05, 4.69) is 6.07 Å². The molecular weight excluding hydrogens is 524 g/mol. The van der Waals surface area contributed by atoms with Crippen LogP contribution in [-0.4, -0.2) is 63.8 Å². The van der Waals surface area contributed by atoms with Crippen molar-refractivity contribution in [3.63, 3.8) is 0 Å². The summed E-state index contributed by atoms with van der Waals surface area (Å²) in [6.45, 7) is 0.358. The Balaban J connectivity index is 1.89. The van der Waals surface area contributed by atoms with Crippen LogP contribution in [0.5, 0.6) is 5.75 Å². The molecule has 0 bridgehead atoms. The lowest BCUT2D eigenvalue weighted by Gasteiger charge is -2.42. The summed E-state index contributed by atoms with van der Waals surface area (Å²) in [6.07, 6.45) is 1.12. The molecule has 2 aromatic carbocycles. The van der Waals surface area contributed by atoms with E-state index in [9.17, 15) is 23.3 Å². The first kappa shape index (κ1) is 25.9. The Morgan fingerprint density at radius 1 is 1.16 bits per heavy atom. The van der Waals surface area contributed by atoms with E-state index in [0.29, 0.717) is 36.3 Å². The van der Waals surface area contributed by atoms with Crippen molar-refractivity contribution in [3.05, 3.63) is 76.7 Å². The van der Waals surface area contributed by atoms with E-state index in [0.717, 1.165) is 15.6 Å². The summed E-state index contributed by atoms with van der Waals surface area (Å²) < 4.78 is 34.5. The number of hydrogen-bond donors (Lipinski definition) is 0. The molecule has 0 N–H and O–H groups in total. The van der Waals surface area contributed by atoms with Crippen LogP contribution in [0.4, 0.5) is 5.69 Å². The van der Waals surface area contributed by atoms with Gasteiger partial charge in [-0.2, -0.15) is 18.0 Å². The molecule has 2 aliphatic rings. The van der Waals surface area contributed by atoms with Crippen LogP contribution in [0.25, 0.3) is 0 Å². The number of fused-ring (bicyclic) bond motifs is 1. The lowest BCUT2D eigenvalue weighted by molar-refractivity contribution is -0.138. The Morgan fingerprint density at radius 3 is 2.58 bits per heavy atom. The van der Waals surface area contributed by atoms with Crippen LogP contribution >= 0.6 is 11.3 Å². The number of carbonyl (C=O) groups excluding carboxylic acids is 2. The maximum absolute atomic E-state index is 14.9. The van der Waals surface area contributed by atoms with Gasteiger partial charge in [0, 0.05) is 31.8 Å². The number of anilines is 1. The molecule has 2 atom stereocenters. The molecule has 9 nitrogen and oxygen atoms in total. The van der Waals surface area contributed by atoms with Crippen molar-refractivity contribution in [2.24, 2.45) is 0 Å². The van der Waals surface area contributed by atoms with Gasteiger partial charge >= 0.3 is 0 Å². The van der Waals surface area contributed by atoms with E-state index in [4.69, 9.17) is 4.74 Å². The smallest absolute Gasteiger partial charge is 0.280 e. The lowest BCUT2D eigenvalue weighted by Crippen LogP contribution is -2.59. The lowest BCUT2D eigenvalue weighted by atomic mass is 9.80. The third-order valence-electron chi connectivity index (χ3n) is 7.12. The number of likely N-dealkylation sites (tertiary alicyclic amines) is 1. The van der Waals surface area contributed by atoms with Crippen molar-refractivity contribution >= 4 is 38.9 Å². The van der Waals surface area contributed by atoms with E-state index in [1.807, 2.05) is 0 Å². The molecule has 2 unspecified atom stereocenters. The van der Waals surface area contributed by atoms with Crippen molar-refractivity contribution in [3.8, 4) is 11.8 Å². The number of para-hydroxylation sites is 1. The summed E-state index contributed by atoms with van der Waals surface area (Å²) in [6, 6.07) is 15.9. The summed E-state index contributed by atoms with van der Waals surface area (Å²) in [4.78, 5) is 31.5. The van der Waals surface area contributed by atoms with Gasteiger partial charge in [-0.3, -0.25) is 14.5 Å². The maximum Gasteiger partial charge on any atom is 0.280 e. The van der Waals surface area contributed by atoms with Gasteiger partial charge in [0.15, 0.2) is 5.54 Å². The Hall–Kier alpha value is -3.72. The highest BCUT2D eigenvalue weighted by Crippen LogP contribution is 2.54. The fourth-order valence-corrected chi connectivity index (χ4v) is 8.07. The monoisotopic (exact) mass is 550 g/mol. The minimum absolute atomic E-state index is 0.0133. The maximum atomic E-state index is 14.9. The second-order valence-electron chi connectivity index (χ2n) is 9.35. The topological polar surface area (TPSA) is 111 Å². The number of thiophene rings is 1. The Kier molecular flexibility index (Phi) is 6.51. The largest absolute Gasteiger partial charge is 0.496 e. The summed E-state index contributed by atoms with van der Waals surface area (Å²) in [5.74, 6) is -0.562. The van der Waals surface area contributed by atoms with Crippen molar-refractivity contribution in [1.29, 1.82) is 5.26 Å². The van der Waals surface area contributed by atoms with Gasteiger partial charge in [0.05, 0.1) is 30.5 Å². The third kappa shape index (κ3) is 3.63. The molecule has 2 amide bonds. The average Bonchev–Trinajstić information content (AvgIpc) is 3.67. The highest BCUT2D eigenvalue weighted by atomic mass is 32.2. The number of carbonyl (C=O) groups is 2. The van der Waals surface area contributed by atoms with Crippen molar-refractivity contribution in [1.82, 2.24) is 9.80 Å². The van der Waals surface area contributed by atoms with Gasteiger partial charge in [0.2, 0.25) is 5.91 Å². The van der Waals surface area contributed by atoms with Gasteiger partial charge in [-0.1, -0.05) is 24.3 Å². The molecule has 3 heterocycles. The number of amides is 2. The Bertz CT molecular complexity index is 1560. The standard InChI is InChI=1S/C27H26N4O5S2/c1-29(2)25(32)22-9-6-14-30(22)27(19-8-4-5-10-23(19)36-3)20-16-18(17-28)12-13-21(20)31(26(27)33)38(34,35)24-11-7-15-37-24/h4-5,7-8,10-13,15-16,22H,6,9,14H2,1-3H3. The summed E-state index contributed by atoms with van der Waals surface area (Å²) >= 11 is 1.01. The number of methoxy groups -OCH3 is 1. The number of nitrogens with zero attached hydrogens (tertiary/aromatic N) is 4. The summed E-state index contributed by atoms with van der Waals surface area (Å²) in [5.41, 5.74) is -0.584. The van der Waals surface area contributed by atoms with E-state index in [1.54, 1.807) is 60.8 Å². The van der Waals surface area contributed by atoms with Gasteiger partial charge in [-0.05, 0) is 48.6 Å².